The van der Waals surface area contributed by atoms with Crippen molar-refractivity contribution >= 4 is 11.6 Å². The SMILES string of the molecule is Cc1ccc([N+](=O)[O-])c(C(=O)NCCc2cnc[nH]2)c1. The predicted octanol–water partition coefficient (Wildman–Crippen LogP) is 1.60. The zero-order valence-corrected chi connectivity index (χ0v) is 10.9. The van der Waals surface area contributed by atoms with E-state index in [9.17, 15) is 14.9 Å². The lowest BCUT2D eigenvalue weighted by molar-refractivity contribution is -0.385. The van der Waals surface area contributed by atoms with Gasteiger partial charge in [-0.15, -0.1) is 0 Å². The van der Waals surface area contributed by atoms with E-state index in [1.807, 2.05) is 0 Å². The van der Waals surface area contributed by atoms with Gasteiger partial charge in [0.25, 0.3) is 11.6 Å². The molecule has 0 saturated carbocycles. The van der Waals surface area contributed by atoms with E-state index in [0.29, 0.717) is 13.0 Å². The summed E-state index contributed by atoms with van der Waals surface area (Å²) in [5.41, 5.74) is 1.59. The molecule has 0 aliphatic heterocycles. The molecule has 1 aromatic heterocycles. The Morgan fingerprint density at radius 2 is 2.30 bits per heavy atom. The second-order valence-electron chi connectivity index (χ2n) is 4.36. The first-order valence-electron chi connectivity index (χ1n) is 6.08. The number of benzene rings is 1. The fraction of sp³-hybridized carbons (Fsp3) is 0.231. The summed E-state index contributed by atoms with van der Waals surface area (Å²) < 4.78 is 0. The molecule has 0 radical (unpaired) electrons. The van der Waals surface area contributed by atoms with E-state index in [-0.39, 0.29) is 11.3 Å². The first-order valence-corrected chi connectivity index (χ1v) is 6.08. The molecule has 0 bridgehead atoms. The number of rotatable bonds is 5. The van der Waals surface area contributed by atoms with Gasteiger partial charge in [-0.05, 0) is 18.6 Å². The molecule has 0 atom stereocenters. The average Bonchev–Trinajstić information content (AvgIpc) is 2.91. The van der Waals surface area contributed by atoms with Crippen LogP contribution in [0.1, 0.15) is 21.6 Å². The highest BCUT2D eigenvalue weighted by Crippen LogP contribution is 2.19. The quantitative estimate of drug-likeness (QED) is 0.638. The molecule has 20 heavy (non-hydrogen) atoms. The Morgan fingerprint density at radius 1 is 1.50 bits per heavy atom. The Hall–Kier alpha value is -2.70. The van der Waals surface area contributed by atoms with Gasteiger partial charge in [0.1, 0.15) is 5.56 Å². The molecule has 1 heterocycles. The molecule has 2 rings (SSSR count). The monoisotopic (exact) mass is 274 g/mol. The summed E-state index contributed by atoms with van der Waals surface area (Å²) in [6, 6.07) is 4.47. The summed E-state index contributed by atoms with van der Waals surface area (Å²) in [7, 11) is 0. The van der Waals surface area contributed by atoms with Crippen molar-refractivity contribution in [2.24, 2.45) is 0 Å². The van der Waals surface area contributed by atoms with Crippen molar-refractivity contribution in [2.45, 2.75) is 13.3 Å². The van der Waals surface area contributed by atoms with E-state index in [0.717, 1.165) is 11.3 Å². The van der Waals surface area contributed by atoms with Crippen molar-refractivity contribution in [2.75, 3.05) is 6.54 Å². The Balaban J connectivity index is 2.05. The van der Waals surface area contributed by atoms with Gasteiger partial charge in [-0.2, -0.15) is 0 Å². The molecule has 7 nitrogen and oxygen atoms in total. The number of aromatic nitrogens is 2. The van der Waals surface area contributed by atoms with Gasteiger partial charge in [0.05, 0.1) is 11.3 Å². The number of hydrogen-bond acceptors (Lipinski definition) is 4. The fourth-order valence-electron chi connectivity index (χ4n) is 1.82. The molecular weight excluding hydrogens is 260 g/mol. The van der Waals surface area contributed by atoms with E-state index in [1.54, 1.807) is 25.5 Å². The molecule has 0 fully saturated rings. The van der Waals surface area contributed by atoms with Crippen LogP contribution in [0.4, 0.5) is 5.69 Å². The van der Waals surface area contributed by atoms with E-state index in [1.165, 1.54) is 12.1 Å². The fourth-order valence-corrected chi connectivity index (χ4v) is 1.82. The van der Waals surface area contributed by atoms with Crippen molar-refractivity contribution in [3.63, 3.8) is 0 Å². The van der Waals surface area contributed by atoms with Crippen molar-refractivity contribution in [1.82, 2.24) is 15.3 Å². The largest absolute Gasteiger partial charge is 0.351 e. The van der Waals surface area contributed by atoms with Gasteiger partial charge in [0, 0.05) is 30.9 Å². The zero-order chi connectivity index (χ0) is 14.5. The highest BCUT2D eigenvalue weighted by atomic mass is 16.6. The second kappa shape index (κ2) is 5.96. The van der Waals surface area contributed by atoms with E-state index in [4.69, 9.17) is 0 Å². The third kappa shape index (κ3) is 3.19. The van der Waals surface area contributed by atoms with E-state index in [2.05, 4.69) is 15.3 Å². The summed E-state index contributed by atoms with van der Waals surface area (Å²) >= 11 is 0. The van der Waals surface area contributed by atoms with Gasteiger partial charge in [-0.1, -0.05) is 6.07 Å². The van der Waals surface area contributed by atoms with Gasteiger partial charge >= 0.3 is 0 Å². The maximum absolute atomic E-state index is 12.0. The average molecular weight is 274 g/mol. The molecule has 0 aliphatic rings. The Labute approximate surface area is 115 Å². The first kappa shape index (κ1) is 13.7. The molecule has 1 amide bonds. The Bertz CT molecular complexity index is 623. The molecule has 2 N–H and O–H groups in total. The summed E-state index contributed by atoms with van der Waals surface area (Å²) in [5, 5.41) is 13.6. The van der Waals surface area contributed by atoms with Crippen LogP contribution in [0.3, 0.4) is 0 Å². The Morgan fingerprint density at radius 3 is 2.95 bits per heavy atom. The number of H-pyrrole nitrogens is 1. The second-order valence-corrected chi connectivity index (χ2v) is 4.36. The number of amides is 1. The van der Waals surface area contributed by atoms with Crippen molar-refractivity contribution < 1.29 is 9.72 Å². The van der Waals surface area contributed by atoms with Crippen molar-refractivity contribution in [1.29, 1.82) is 0 Å². The minimum Gasteiger partial charge on any atom is -0.351 e. The van der Waals surface area contributed by atoms with Crippen LogP contribution in [0.5, 0.6) is 0 Å². The predicted molar refractivity (Wildman–Crippen MR) is 72.5 cm³/mol. The van der Waals surface area contributed by atoms with Crippen LogP contribution in [0, 0.1) is 17.0 Å². The minimum atomic E-state index is -0.552. The van der Waals surface area contributed by atoms with Gasteiger partial charge in [-0.25, -0.2) is 4.98 Å². The number of nitrogens with zero attached hydrogens (tertiary/aromatic N) is 2. The topological polar surface area (TPSA) is 101 Å². The first-order chi connectivity index (χ1) is 9.58. The number of aryl methyl sites for hydroxylation is 1. The van der Waals surface area contributed by atoms with Crippen LogP contribution >= 0.6 is 0 Å². The summed E-state index contributed by atoms with van der Waals surface area (Å²) in [5.74, 6) is -0.445. The van der Waals surface area contributed by atoms with Crippen LogP contribution in [0.15, 0.2) is 30.7 Å². The van der Waals surface area contributed by atoms with Gasteiger partial charge < -0.3 is 10.3 Å². The lowest BCUT2D eigenvalue weighted by Gasteiger charge is -2.06. The molecule has 1 aromatic carbocycles. The minimum absolute atomic E-state index is 0.0830. The lowest BCUT2D eigenvalue weighted by atomic mass is 10.1. The zero-order valence-electron chi connectivity index (χ0n) is 10.9. The Kier molecular flexibility index (Phi) is 4.09. The van der Waals surface area contributed by atoms with Crippen molar-refractivity contribution in [3.05, 3.63) is 57.7 Å². The maximum Gasteiger partial charge on any atom is 0.282 e. The number of aromatic amines is 1. The highest BCUT2D eigenvalue weighted by Gasteiger charge is 2.19. The number of nitro benzene ring substituents is 1. The van der Waals surface area contributed by atoms with E-state index < -0.39 is 10.8 Å². The van der Waals surface area contributed by atoms with Crippen LogP contribution in [-0.2, 0) is 6.42 Å². The lowest BCUT2D eigenvalue weighted by Crippen LogP contribution is -2.26. The van der Waals surface area contributed by atoms with E-state index >= 15 is 0 Å². The van der Waals surface area contributed by atoms with Crippen LogP contribution in [0.2, 0.25) is 0 Å². The molecule has 0 aliphatic carbocycles. The number of hydrogen-bond donors (Lipinski definition) is 2. The number of nitro groups is 1. The summed E-state index contributed by atoms with van der Waals surface area (Å²) in [4.78, 5) is 29.2. The van der Waals surface area contributed by atoms with Crippen molar-refractivity contribution in [3.8, 4) is 0 Å². The normalized spacial score (nSPS) is 10.2. The van der Waals surface area contributed by atoms with Crippen LogP contribution in [0.25, 0.3) is 0 Å². The maximum atomic E-state index is 12.0. The van der Waals surface area contributed by atoms with Gasteiger partial charge in [-0.3, -0.25) is 14.9 Å². The van der Waals surface area contributed by atoms with Crippen LogP contribution < -0.4 is 5.32 Å². The highest BCUT2D eigenvalue weighted by molar-refractivity contribution is 5.98. The molecule has 2 aromatic rings. The third-order valence-corrected chi connectivity index (χ3v) is 2.83. The van der Waals surface area contributed by atoms with Gasteiger partial charge in [0.2, 0.25) is 0 Å². The standard InChI is InChI=1S/C13H14N4O3/c1-9-2-3-12(17(19)20)11(6-9)13(18)15-5-4-10-7-14-8-16-10/h2-3,6-8H,4-5H2,1H3,(H,14,16)(H,15,18). The molecule has 7 heteroatoms. The smallest absolute Gasteiger partial charge is 0.282 e. The molecule has 0 unspecified atom stereocenters. The van der Waals surface area contributed by atoms with Gasteiger partial charge in [0.15, 0.2) is 0 Å². The number of imidazole rings is 1. The number of nitrogens with one attached hydrogen (secondary N) is 2. The summed E-state index contributed by atoms with van der Waals surface area (Å²) in [6.45, 7) is 2.16. The number of carbonyl (C=O) groups excluding carboxylic acids is 1. The summed E-state index contributed by atoms with van der Waals surface area (Å²) in [6.07, 6.45) is 3.81. The van der Waals surface area contributed by atoms with Crippen LogP contribution in [-0.4, -0.2) is 27.3 Å². The number of carbonyl (C=O) groups is 1. The molecule has 0 saturated heterocycles. The molecular formula is C13H14N4O3. The third-order valence-electron chi connectivity index (χ3n) is 2.83. The molecule has 0 spiro atoms. The molecule has 104 valence electrons.